The highest BCUT2D eigenvalue weighted by Crippen LogP contribution is 2.06. The van der Waals surface area contributed by atoms with Gasteiger partial charge in [0.1, 0.15) is 0 Å². The smallest absolute Gasteiger partial charge is 0.283 e. The van der Waals surface area contributed by atoms with E-state index in [-0.39, 0.29) is 0 Å². The van der Waals surface area contributed by atoms with E-state index in [4.69, 9.17) is 10.9 Å². The van der Waals surface area contributed by atoms with Crippen LogP contribution >= 0.6 is 0 Å². The van der Waals surface area contributed by atoms with E-state index in [2.05, 4.69) is 0 Å². The van der Waals surface area contributed by atoms with Crippen LogP contribution < -0.4 is 11.3 Å². The second-order valence-electron chi connectivity index (χ2n) is 2.29. The summed E-state index contributed by atoms with van der Waals surface area (Å²) in [5, 5.41) is 8.84. The average molecular weight is 154 g/mol. The van der Waals surface area contributed by atoms with Gasteiger partial charge in [-0.15, -0.1) is 0 Å². The maximum atomic E-state index is 10.8. The van der Waals surface area contributed by atoms with Crippen LogP contribution in [0.1, 0.15) is 12.5 Å². The number of hydrogen-bond acceptors (Lipinski definition) is 3. The second kappa shape index (κ2) is 2.65. The molecule has 0 atom stereocenters. The molecular weight excluding hydrogens is 144 g/mol. The molecule has 4 nitrogen and oxygen atoms in total. The van der Waals surface area contributed by atoms with Gasteiger partial charge in [-0.05, 0) is 12.0 Å². The Kier molecular flexibility index (Phi) is 1.85. The van der Waals surface area contributed by atoms with Crippen LogP contribution in [0.15, 0.2) is 17.1 Å². The van der Waals surface area contributed by atoms with Crippen LogP contribution in [-0.2, 0) is 6.42 Å². The maximum Gasteiger partial charge on any atom is 0.283 e. The Morgan fingerprint density at radius 1 is 1.73 bits per heavy atom. The van der Waals surface area contributed by atoms with E-state index in [1.54, 1.807) is 0 Å². The van der Waals surface area contributed by atoms with Crippen molar-refractivity contribution in [2.75, 3.05) is 5.73 Å². The fraction of sp³-hybridized carbons (Fsp3) is 0.286. The molecule has 4 heteroatoms. The number of hydrogen-bond donors (Lipinski definition) is 2. The van der Waals surface area contributed by atoms with Crippen LogP contribution in [0, 0.1) is 0 Å². The van der Waals surface area contributed by atoms with Gasteiger partial charge in [-0.3, -0.25) is 4.79 Å². The number of anilines is 1. The first-order valence-corrected chi connectivity index (χ1v) is 3.35. The molecule has 11 heavy (non-hydrogen) atoms. The molecule has 0 unspecified atom stereocenters. The first-order chi connectivity index (χ1) is 5.15. The molecule has 0 aliphatic rings. The first-order valence-electron chi connectivity index (χ1n) is 3.35. The molecule has 0 bridgehead atoms. The van der Waals surface area contributed by atoms with Gasteiger partial charge in [0.2, 0.25) is 0 Å². The topological polar surface area (TPSA) is 68.2 Å². The van der Waals surface area contributed by atoms with Crippen molar-refractivity contribution in [3.63, 3.8) is 0 Å². The van der Waals surface area contributed by atoms with E-state index < -0.39 is 5.56 Å². The minimum absolute atomic E-state index is 0.439. The molecule has 1 heterocycles. The summed E-state index contributed by atoms with van der Waals surface area (Å²) in [4.78, 5) is 10.8. The van der Waals surface area contributed by atoms with Crippen LogP contribution in [0.5, 0.6) is 0 Å². The van der Waals surface area contributed by atoms with Crippen molar-refractivity contribution in [1.82, 2.24) is 4.73 Å². The molecule has 0 aliphatic heterocycles. The lowest BCUT2D eigenvalue weighted by Gasteiger charge is -2.02. The molecule has 0 aliphatic carbocycles. The quantitative estimate of drug-likeness (QED) is 0.569. The highest BCUT2D eigenvalue weighted by atomic mass is 16.5. The van der Waals surface area contributed by atoms with Crippen LogP contribution in [0.2, 0.25) is 0 Å². The summed E-state index contributed by atoms with van der Waals surface area (Å²) in [6.45, 7) is 1.90. The largest absolute Gasteiger partial charge is 0.425 e. The third kappa shape index (κ3) is 1.34. The van der Waals surface area contributed by atoms with E-state index in [0.717, 1.165) is 5.56 Å². The zero-order valence-electron chi connectivity index (χ0n) is 6.24. The molecule has 0 radical (unpaired) electrons. The Morgan fingerprint density at radius 3 is 2.91 bits per heavy atom. The number of nitrogens with zero attached hydrogens (tertiary/aromatic N) is 1. The lowest BCUT2D eigenvalue weighted by Crippen LogP contribution is -2.17. The summed E-state index contributed by atoms with van der Waals surface area (Å²) in [7, 11) is 0. The van der Waals surface area contributed by atoms with Crippen LogP contribution in [0.4, 0.5) is 5.69 Å². The van der Waals surface area contributed by atoms with E-state index in [1.165, 1.54) is 12.3 Å². The van der Waals surface area contributed by atoms with Gasteiger partial charge < -0.3 is 10.9 Å². The van der Waals surface area contributed by atoms with Gasteiger partial charge in [-0.2, -0.15) is 4.73 Å². The first kappa shape index (κ1) is 7.65. The number of aryl methyl sites for hydroxylation is 1. The van der Waals surface area contributed by atoms with Crippen molar-refractivity contribution in [1.29, 1.82) is 0 Å². The van der Waals surface area contributed by atoms with Gasteiger partial charge >= 0.3 is 0 Å². The van der Waals surface area contributed by atoms with Gasteiger partial charge in [0.05, 0.1) is 11.9 Å². The molecule has 0 saturated carbocycles. The third-order valence-corrected chi connectivity index (χ3v) is 1.54. The second-order valence-corrected chi connectivity index (χ2v) is 2.29. The summed E-state index contributed by atoms with van der Waals surface area (Å²) in [5.41, 5.74) is 6.24. The van der Waals surface area contributed by atoms with Crippen molar-refractivity contribution in [3.8, 4) is 0 Å². The summed E-state index contributed by atoms with van der Waals surface area (Å²) in [6.07, 6.45) is 1.91. The van der Waals surface area contributed by atoms with E-state index >= 15 is 0 Å². The monoisotopic (exact) mass is 154 g/mol. The Hall–Kier alpha value is -1.45. The van der Waals surface area contributed by atoms with Gasteiger partial charge in [0.15, 0.2) is 0 Å². The van der Waals surface area contributed by atoms with Gasteiger partial charge in [-0.25, -0.2) is 0 Å². The van der Waals surface area contributed by atoms with Crippen molar-refractivity contribution in [2.45, 2.75) is 13.3 Å². The molecule has 3 N–H and O–H groups in total. The molecule has 1 aromatic rings. The average Bonchev–Trinajstić information content (AvgIpc) is 1.97. The van der Waals surface area contributed by atoms with Gasteiger partial charge in [0, 0.05) is 6.07 Å². The molecule has 0 saturated heterocycles. The van der Waals surface area contributed by atoms with Crippen molar-refractivity contribution in [2.24, 2.45) is 0 Å². The minimum Gasteiger partial charge on any atom is -0.425 e. The number of pyridine rings is 1. The zero-order valence-corrected chi connectivity index (χ0v) is 6.24. The standard InChI is InChI=1S/C7H10N2O2/c1-2-5-3-7(10)9(11)4-6(5)8/h3-4,11H,2,8H2,1H3. The van der Waals surface area contributed by atoms with Crippen molar-refractivity contribution in [3.05, 3.63) is 28.2 Å². The molecule has 0 amide bonds. The SMILES string of the molecule is CCc1cc(=O)n(O)cc1N. The molecular formula is C7H10N2O2. The van der Waals surface area contributed by atoms with E-state index in [1.807, 2.05) is 6.92 Å². The predicted molar refractivity (Wildman–Crippen MR) is 41.7 cm³/mol. The van der Waals surface area contributed by atoms with Gasteiger partial charge in [-0.1, -0.05) is 6.92 Å². The van der Waals surface area contributed by atoms with E-state index in [0.29, 0.717) is 16.8 Å². The fourth-order valence-electron chi connectivity index (χ4n) is 0.883. The lowest BCUT2D eigenvalue weighted by molar-refractivity contribution is 0.175. The fourth-order valence-corrected chi connectivity index (χ4v) is 0.883. The molecule has 1 rings (SSSR count). The summed E-state index contributed by atoms with van der Waals surface area (Å²) in [5.74, 6) is 0. The number of nitrogen functional groups attached to an aromatic ring is 1. The Balaban J connectivity index is 3.32. The molecule has 60 valence electrons. The lowest BCUT2D eigenvalue weighted by atomic mass is 10.2. The molecule has 0 fully saturated rings. The number of nitrogens with two attached hydrogens (primary N) is 1. The third-order valence-electron chi connectivity index (χ3n) is 1.54. The highest BCUT2D eigenvalue weighted by molar-refractivity contribution is 5.43. The number of aromatic nitrogens is 1. The Labute approximate surface area is 63.8 Å². The summed E-state index contributed by atoms with van der Waals surface area (Å²) in [6, 6.07) is 1.33. The van der Waals surface area contributed by atoms with E-state index in [9.17, 15) is 4.79 Å². The maximum absolute atomic E-state index is 10.8. The van der Waals surface area contributed by atoms with Crippen molar-refractivity contribution >= 4 is 5.69 Å². The normalized spacial score (nSPS) is 9.91. The molecule has 1 aromatic heterocycles. The predicted octanol–water partition coefficient (Wildman–Crippen LogP) is 0.230. The summed E-state index contributed by atoms with van der Waals surface area (Å²) >= 11 is 0. The van der Waals surface area contributed by atoms with Crippen LogP contribution in [-0.4, -0.2) is 9.94 Å². The zero-order chi connectivity index (χ0) is 8.43. The summed E-state index contributed by atoms with van der Waals surface area (Å²) < 4.78 is 0.481. The van der Waals surface area contributed by atoms with Crippen LogP contribution in [0.25, 0.3) is 0 Å². The van der Waals surface area contributed by atoms with Crippen LogP contribution in [0.3, 0.4) is 0 Å². The van der Waals surface area contributed by atoms with Gasteiger partial charge in [0.25, 0.3) is 5.56 Å². The minimum atomic E-state index is -0.448. The Morgan fingerprint density at radius 2 is 2.36 bits per heavy atom. The molecule has 0 spiro atoms. The molecule has 0 aromatic carbocycles. The number of rotatable bonds is 1. The van der Waals surface area contributed by atoms with Crippen molar-refractivity contribution < 1.29 is 5.21 Å². The Bertz CT molecular complexity index is 317. The highest BCUT2D eigenvalue weighted by Gasteiger charge is 1.99.